The van der Waals surface area contributed by atoms with Gasteiger partial charge in [0.1, 0.15) is 18.1 Å². The normalized spacial score (nSPS) is 11.3. The average molecular weight is 453 g/mol. The summed E-state index contributed by atoms with van der Waals surface area (Å²) in [6, 6.07) is 10.6. The van der Waals surface area contributed by atoms with Gasteiger partial charge < -0.3 is 21.1 Å². The first kappa shape index (κ1) is 25.4. The molecule has 0 spiro atoms. The molecule has 0 heterocycles. The van der Waals surface area contributed by atoms with E-state index in [1.807, 2.05) is 38.1 Å². The molecular weight excluding hydrogens is 420 g/mol. The van der Waals surface area contributed by atoms with Crippen molar-refractivity contribution in [2.75, 3.05) is 19.4 Å². The molecule has 0 atom stereocenters. The minimum Gasteiger partial charge on any atom is -0.489 e. The number of likely N-dealkylation sites (N-methyl/N-ethyl adjacent to an activating group) is 1. The first-order valence-electron chi connectivity index (χ1n) is 10.5. The maximum Gasteiger partial charge on any atom is 0.335 e. The number of nitrogens with zero attached hydrogens (tertiary/aromatic N) is 1. The highest BCUT2D eigenvalue weighted by atomic mass is 16.5. The highest BCUT2D eigenvalue weighted by molar-refractivity contribution is 6.14. The number of hydrogen-bond acceptors (Lipinski definition) is 6. The Balaban J connectivity index is 2.28. The first-order chi connectivity index (χ1) is 15.6. The molecule has 0 radical (unpaired) electrons. The van der Waals surface area contributed by atoms with Crippen molar-refractivity contribution in [1.29, 1.82) is 5.41 Å². The molecule has 0 unspecified atom stereocenters. The molecule has 7 N–H and O–H groups in total. The monoisotopic (exact) mass is 452 g/mol. The summed E-state index contributed by atoms with van der Waals surface area (Å²) in [5.41, 5.74) is 10.3. The summed E-state index contributed by atoms with van der Waals surface area (Å²) in [7, 11) is 3.06. The topological polar surface area (TPSA) is 147 Å². The van der Waals surface area contributed by atoms with E-state index in [0.717, 1.165) is 28.1 Å². The van der Waals surface area contributed by atoms with Gasteiger partial charge in [-0.25, -0.2) is 10.6 Å². The van der Waals surface area contributed by atoms with E-state index in [-0.39, 0.29) is 18.0 Å². The number of nitrogens with one attached hydrogen (secondary N) is 3. The predicted molar refractivity (Wildman–Crippen MR) is 130 cm³/mol. The molecular formula is C24H32N6O3. The zero-order valence-corrected chi connectivity index (χ0v) is 19.7. The molecule has 0 aliphatic rings. The van der Waals surface area contributed by atoms with Gasteiger partial charge in [-0.1, -0.05) is 19.1 Å². The van der Waals surface area contributed by atoms with Crippen LogP contribution >= 0.6 is 0 Å². The molecule has 33 heavy (non-hydrogen) atoms. The Hall–Kier alpha value is -3.85. The minimum absolute atomic E-state index is 0.194. The molecule has 0 saturated carbocycles. The van der Waals surface area contributed by atoms with E-state index in [4.69, 9.17) is 21.7 Å². The first-order valence-corrected chi connectivity index (χ1v) is 10.5. The maximum absolute atomic E-state index is 12.1. The van der Waals surface area contributed by atoms with Gasteiger partial charge in [-0.3, -0.25) is 15.2 Å². The lowest BCUT2D eigenvalue weighted by molar-refractivity contribution is -0.114. The fraction of sp³-hybridized carbons (Fsp3) is 0.292. The second-order valence-electron chi connectivity index (χ2n) is 7.60. The van der Waals surface area contributed by atoms with Gasteiger partial charge in [0.15, 0.2) is 0 Å². The van der Waals surface area contributed by atoms with Gasteiger partial charge in [0.2, 0.25) is 0 Å². The number of nitrogens with two attached hydrogens (primary N) is 2. The molecule has 176 valence electrons. The zero-order chi connectivity index (χ0) is 24.7. The summed E-state index contributed by atoms with van der Waals surface area (Å²) in [6.07, 6.45) is 0.773. The van der Waals surface area contributed by atoms with Crippen LogP contribution in [0.25, 0.3) is 0 Å². The number of benzene rings is 2. The van der Waals surface area contributed by atoms with Crippen molar-refractivity contribution in [2.45, 2.75) is 33.8 Å². The van der Waals surface area contributed by atoms with Crippen molar-refractivity contribution in [3.63, 3.8) is 0 Å². The molecule has 3 amide bonds. The molecule has 0 aliphatic heterocycles. The summed E-state index contributed by atoms with van der Waals surface area (Å²) >= 11 is 0. The molecule has 9 nitrogen and oxygen atoms in total. The molecule has 2 aromatic rings. The summed E-state index contributed by atoms with van der Waals surface area (Å²) in [6.45, 7) is 5.84. The standard InChI is InChI=1S/C24H32N6O3/c1-6-16-8-7-9-19(29-24(32)30(5)27)18(16)13-33-20-11-10-17(12-14(20)2)21(25)15(3)22(28-4)23(26)31/h7-12,25,28H,6,13,27H2,1-5H3,(H2,26,31)(H,29,32)/b22-15-,25-21?. The van der Waals surface area contributed by atoms with Crippen LogP contribution in [-0.4, -0.2) is 36.8 Å². The number of hydrazine groups is 1. The van der Waals surface area contributed by atoms with Gasteiger partial charge in [0.05, 0.1) is 5.71 Å². The highest BCUT2D eigenvalue weighted by Crippen LogP contribution is 2.26. The van der Waals surface area contributed by atoms with Crippen molar-refractivity contribution < 1.29 is 14.3 Å². The number of urea groups is 1. The number of carbonyl (C=O) groups is 2. The van der Waals surface area contributed by atoms with E-state index in [1.165, 1.54) is 7.05 Å². The van der Waals surface area contributed by atoms with Gasteiger partial charge in [-0.05, 0) is 55.7 Å². The molecule has 9 heteroatoms. The number of amides is 3. The van der Waals surface area contributed by atoms with Crippen molar-refractivity contribution in [2.24, 2.45) is 11.6 Å². The molecule has 0 aromatic heterocycles. The van der Waals surface area contributed by atoms with Crippen LogP contribution in [0.1, 0.15) is 36.1 Å². The fourth-order valence-electron chi connectivity index (χ4n) is 3.41. The van der Waals surface area contributed by atoms with Gasteiger partial charge in [-0.15, -0.1) is 0 Å². The lowest BCUT2D eigenvalue weighted by Gasteiger charge is -2.18. The predicted octanol–water partition coefficient (Wildman–Crippen LogP) is 2.82. The van der Waals surface area contributed by atoms with Crippen molar-refractivity contribution in [3.05, 3.63) is 69.9 Å². The van der Waals surface area contributed by atoms with E-state index in [2.05, 4.69) is 10.6 Å². The Bertz CT molecular complexity index is 1090. The molecule has 0 bridgehead atoms. The van der Waals surface area contributed by atoms with Crippen molar-refractivity contribution in [3.8, 4) is 5.75 Å². The van der Waals surface area contributed by atoms with Crippen LogP contribution in [0.15, 0.2) is 47.7 Å². The highest BCUT2D eigenvalue weighted by Gasteiger charge is 2.16. The summed E-state index contributed by atoms with van der Waals surface area (Å²) < 4.78 is 6.09. The van der Waals surface area contributed by atoms with Crippen LogP contribution in [0.3, 0.4) is 0 Å². The van der Waals surface area contributed by atoms with Crippen LogP contribution in [-0.2, 0) is 17.8 Å². The number of primary amides is 1. The summed E-state index contributed by atoms with van der Waals surface area (Å²) in [5, 5.41) is 15.0. The summed E-state index contributed by atoms with van der Waals surface area (Å²) in [5.74, 6) is 5.57. The molecule has 2 aromatic carbocycles. The van der Waals surface area contributed by atoms with Crippen LogP contribution in [0.5, 0.6) is 5.75 Å². The van der Waals surface area contributed by atoms with Crippen LogP contribution in [0.2, 0.25) is 0 Å². The van der Waals surface area contributed by atoms with Crippen LogP contribution in [0, 0.1) is 12.3 Å². The number of allylic oxidation sites excluding steroid dienone is 1. The van der Waals surface area contributed by atoms with Crippen LogP contribution in [0.4, 0.5) is 10.5 Å². The number of anilines is 1. The fourth-order valence-corrected chi connectivity index (χ4v) is 3.41. The molecule has 0 saturated heterocycles. The Morgan fingerprint density at radius 3 is 2.45 bits per heavy atom. The van der Waals surface area contributed by atoms with Crippen LogP contribution < -0.4 is 26.9 Å². The Morgan fingerprint density at radius 1 is 1.21 bits per heavy atom. The van der Waals surface area contributed by atoms with Gasteiger partial charge in [0, 0.05) is 36.5 Å². The number of rotatable bonds is 9. The minimum atomic E-state index is -0.616. The Labute approximate surface area is 194 Å². The molecule has 0 fully saturated rings. The maximum atomic E-state index is 12.1. The molecule has 2 rings (SSSR count). The second-order valence-corrected chi connectivity index (χ2v) is 7.60. The van der Waals surface area contributed by atoms with E-state index in [1.54, 1.807) is 26.1 Å². The van der Waals surface area contributed by atoms with Gasteiger partial charge in [-0.2, -0.15) is 0 Å². The summed E-state index contributed by atoms with van der Waals surface area (Å²) in [4.78, 5) is 23.6. The largest absolute Gasteiger partial charge is 0.489 e. The lowest BCUT2D eigenvalue weighted by Crippen LogP contribution is -2.37. The average Bonchev–Trinajstić information content (AvgIpc) is 2.78. The van der Waals surface area contributed by atoms with E-state index >= 15 is 0 Å². The number of ether oxygens (including phenoxy) is 1. The third kappa shape index (κ3) is 6.11. The van der Waals surface area contributed by atoms with E-state index < -0.39 is 11.9 Å². The second kappa shape index (κ2) is 11.1. The van der Waals surface area contributed by atoms with E-state index in [0.29, 0.717) is 22.6 Å². The zero-order valence-electron chi connectivity index (χ0n) is 19.7. The SMILES string of the molecule is CCc1cccc(NC(=O)N(C)N)c1COc1ccc(C(=N)/C(C)=C(\NC)C(N)=O)cc1C. The smallest absolute Gasteiger partial charge is 0.335 e. The Kier molecular flexibility index (Phi) is 8.58. The third-order valence-electron chi connectivity index (χ3n) is 5.30. The quantitative estimate of drug-likeness (QED) is 0.130. The van der Waals surface area contributed by atoms with Crippen molar-refractivity contribution in [1.82, 2.24) is 10.3 Å². The lowest BCUT2D eigenvalue weighted by atomic mass is 9.99. The van der Waals surface area contributed by atoms with Crippen molar-refractivity contribution >= 4 is 23.3 Å². The Morgan fingerprint density at radius 2 is 1.91 bits per heavy atom. The third-order valence-corrected chi connectivity index (χ3v) is 5.30. The number of aryl methyl sites for hydroxylation is 2. The number of carbonyl (C=O) groups excluding carboxylic acids is 2. The number of hydrogen-bond donors (Lipinski definition) is 5. The van der Waals surface area contributed by atoms with Gasteiger partial charge in [0.25, 0.3) is 5.91 Å². The van der Waals surface area contributed by atoms with Gasteiger partial charge >= 0.3 is 6.03 Å². The molecule has 0 aliphatic carbocycles. The van der Waals surface area contributed by atoms with E-state index in [9.17, 15) is 9.59 Å².